The lowest BCUT2D eigenvalue weighted by Crippen LogP contribution is -2.29. The van der Waals surface area contributed by atoms with Gasteiger partial charge in [0.05, 0.1) is 17.5 Å². The Hall–Kier alpha value is -2.12. The fourth-order valence-corrected chi connectivity index (χ4v) is 3.91. The molecule has 0 spiro atoms. The highest BCUT2D eigenvalue weighted by molar-refractivity contribution is 9.10. The molecule has 1 atom stereocenters. The number of hydrazone groups is 1. The Morgan fingerprint density at radius 2 is 2.04 bits per heavy atom. The first-order valence-corrected chi connectivity index (χ1v) is 9.66. The molecule has 0 saturated carbocycles. The molecular weight excluding hydrogens is 400 g/mol. The summed E-state index contributed by atoms with van der Waals surface area (Å²) < 4.78 is 0.980. The van der Waals surface area contributed by atoms with Gasteiger partial charge in [0, 0.05) is 28.4 Å². The lowest BCUT2D eigenvalue weighted by Gasteiger charge is -2.29. The van der Waals surface area contributed by atoms with E-state index in [0.29, 0.717) is 0 Å². The minimum Gasteiger partial charge on any atom is -0.325 e. The Morgan fingerprint density at radius 1 is 1.24 bits per heavy atom. The largest absolute Gasteiger partial charge is 0.325 e. The summed E-state index contributed by atoms with van der Waals surface area (Å²) in [6.07, 6.45) is 2.77. The quantitative estimate of drug-likeness (QED) is 0.800. The monoisotopic (exact) mass is 414 g/mol. The van der Waals surface area contributed by atoms with Crippen molar-refractivity contribution < 1.29 is 4.79 Å². The van der Waals surface area contributed by atoms with Crippen molar-refractivity contribution in [2.75, 3.05) is 11.1 Å². The smallest absolute Gasteiger partial charge is 0.234 e. The van der Waals surface area contributed by atoms with Gasteiger partial charge in [-0.2, -0.15) is 5.10 Å². The van der Waals surface area contributed by atoms with Crippen LogP contribution in [0.2, 0.25) is 0 Å². The van der Waals surface area contributed by atoms with Gasteiger partial charge in [0.1, 0.15) is 0 Å². The number of aliphatic imine (C=N–C) groups is 1. The van der Waals surface area contributed by atoms with Gasteiger partial charge in [-0.15, -0.1) is 0 Å². The molecule has 7 heteroatoms. The van der Waals surface area contributed by atoms with Crippen LogP contribution in [0.4, 0.5) is 11.4 Å². The van der Waals surface area contributed by atoms with Gasteiger partial charge in [0.15, 0.2) is 5.17 Å². The Balaban J connectivity index is 1.45. The molecule has 0 aromatic heterocycles. The number of benzene rings is 2. The van der Waals surface area contributed by atoms with E-state index in [-0.39, 0.29) is 17.7 Å². The minimum absolute atomic E-state index is 0.0615. The van der Waals surface area contributed by atoms with Crippen LogP contribution in [0.25, 0.3) is 0 Å². The van der Waals surface area contributed by atoms with E-state index in [1.165, 1.54) is 17.3 Å². The molecule has 2 aromatic rings. The summed E-state index contributed by atoms with van der Waals surface area (Å²) in [5.74, 6) is 0.226. The third-order valence-electron chi connectivity index (χ3n) is 4.00. The SMILES string of the molecule is O=C(CSC1=Nc2ccccc2C2CC=NN12)Nc1ccc(Br)cc1. The molecule has 0 fully saturated rings. The molecule has 25 heavy (non-hydrogen) atoms. The highest BCUT2D eigenvalue weighted by Gasteiger charge is 2.32. The number of hydrogen-bond acceptors (Lipinski definition) is 5. The number of para-hydroxylation sites is 1. The minimum atomic E-state index is -0.0615. The van der Waals surface area contributed by atoms with E-state index in [0.717, 1.165) is 27.4 Å². The van der Waals surface area contributed by atoms with Crippen LogP contribution in [0, 0.1) is 0 Å². The van der Waals surface area contributed by atoms with Crippen molar-refractivity contribution in [1.82, 2.24) is 5.01 Å². The standard InChI is InChI=1S/C18H15BrN4OS/c19-12-5-7-13(8-6-12)21-17(24)11-25-18-22-15-4-2-1-3-14(15)16-9-10-20-23(16)18/h1-8,10,16H,9,11H2,(H,21,24). The van der Waals surface area contributed by atoms with Gasteiger partial charge < -0.3 is 5.32 Å². The lowest BCUT2D eigenvalue weighted by molar-refractivity contribution is -0.113. The number of anilines is 1. The van der Waals surface area contributed by atoms with Crippen molar-refractivity contribution >= 4 is 56.4 Å². The number of nitrogens with one attached hydrogen (secondary N) is 1. The van der Waals surface area contributed by atoms with E-state index >= 15 is 0 Å². The fourth-order valence-electron chi connectivity index (χ4n) is 2.84. The second kappa shape index (κ2) is 7.01. The molecule has 5 nitrogen and oxygen atoms in total. The van der Waals surface area contributed by atoms with Crippen LogP contribution in [0.1, 0.15) is 18.0 Å². The van der Waals surface area contributed by atoms with Crippen molar-refractivity contribution in [3.63, 3.8) is 0 Å². The van der Waals surface area contributed by atoms with E-state index in [9.17, 15) is 4.79 Å². The fraction of sp³-hybridized carbons (Fsp3) is 0.167. The third-order valence-corrected chi connectivity index (χ3v) is 5.47. The van der Waals surface area contributed by atoms with E-state index in [2.05, 4.69) is 37.4 Å². The zero-order valence-electron chi connectivity index (χ0n) is 13.2. The van der Waals surface area contributed by atoms with Crippen LogP contribution >= 0.6 is 27.7 Å². The maximum Gasteiger partial charge on any atom is 0.234 e. The highest BCUT2D eigenvalue weighted by atomic mass is 79.9. The molecule has 1 unspecified atom stereocenters. The summed E-state index contributed by atoms with van der Waals surface area (Å²) in [5.41, 5.74) is 2.93. The van der Waals surface area contributed by atoms with Crippen molar-refractivity contribution in [3.05, 3.63) is 58.6 Å². The van der Waals surface area contributed by atoms with Crippen molar-refractivity contribution in [2.24, 2.45) is 10.1 Å². The second-order valence-corrected chi connectivity index (χ2v) is 7.55. The molecule has 0 radical (unpaired) electrons. The average molecular weight is 415 g/mol. The predicted molar refractivity (Wildman–Crippen MR) is 106 cm³/mol. The van der Waals surface area contributed by atoms with Crippen molar-refractivity contribution in [2.45, 2.75) is 12.5 Å². The van der Waals surface area contributed by atoms with Gasteiger partial charge >= 0.3 is 0 Å². The van der Waals surface area contributed by atoms with Crippen LogP contribution < -0.4 is 5.32 Å². The molecule has 1 amide bonds. The Morgan fingerprint density at radius 3 is 2.88 bits per heavy atom. The van der Waals surface area contributed by atoms with Crippen LogP contribution in [0.3, 0.4) is 0 Å². The van der Waals surface area contributed by atoms with Crippen LogP contribution in [-0.4, -0.2) is 28.1 Å². The maximum atomic E-state index is 12.2. The molecule has 0 saturated heterocycles. The molecule has 2 aromatic carbocycles. The number of carbonyl (C=O) groups excluding carboxylic acids is 1. The summed E-state index contributed by atoms with van der Waals surface area (Å²) in [6.45, 7) is 0. The first-order chi connectivity index (χ1) is 12.2. The van der Waals surface area contributed by atoms with Crippen molar-refractivity contribution in [3.8, 4) is 0 Å². The van der Waals surface area contributed by atoms with Crippen LogP contribution in [0.15, 0.2) is 63.1 Å². The van der Waals surface area contributed by atoms with Gasteiger partial charge in [0.25, 0.3) is 0 Å². The lowest BCUT2D eigenvalue weighted by atomic mass is 10.0. The molecular formula is C18H15BrN4OS. The number of amides is 1. The molecule has 0 bridgehead atoms. The van der Waals surface area contributed by atoms with E-state index < -0.39 is 0 Å². The molecule has 0 aliphatic carbocycles. The predicted octanol–water partition coefficient (Wildman–Crippen LogP) is 4.55. The molecule has 2 heterocycles. The highest BCUT2D eigenvalue weighted by Crippen LogP contribution is 2.40. The van der Waals surface area contributed by atoms with Gasteiger partial charge in [0.2, 0.25) is 5.91 Å². The number of fused-ring (bicyclic) bond motifs is 3. The van der Waals surface area contributed by atoms with Gasteiger partial charge in [-0.3, -0.25) is 4.79 Å². The summed E-state index contributed by atoms with van der Waals surface area (Å²) in [4.78, 5) is 16.9. The summed E-state index contributed by atoms with van der Waals surface area (Å²) in [5, 5.41) is 10.0. The van der Waals surface area contributed by atoms with E-state index in [1.807, 2.05) is 53.7 Å². The Kier molecular flexibility index (Phi) is 4.59. The summed E-state index contributed by atoms with van der Waals surface area (Å²) in [6, 6.07) is 15.8. The number of nitrogens with zero attached hydrogens (tertiary/aromatic N) is 3. The third kappa shape index (κ3) is 3.48. The van der Waals surface area contributed by atoms with Crippen LogP contribution in [0.5, 0.6) is 0 Å². The number of amidine groups is 1. The van der Waals surface area contributed by atoms with Crippen LogP contribution in [-0.2, 0) is 4.79 Å². The first kappa shape index (κ1) is 16.4. The number of carbonyl (C=O) groups is 1. The zero-order valence-corrected chi connectivity index (χ0v) is 15.6. The number of rotatable bonds is 3. The molecule has 2 aliphatic rings. The number of thioether (sulfide) groups is 1. The second-order valence-electron chi connectivity index (χ2n) is 5.69. The summed E-state index contributed by atoms with van der Waals surface area (Å²) in [7, 11) is 0. The first-order valence-electron chi connectivity index (χ1n) is 7.88. The van der Waals surface area contributed by atoms with Gasteiger partial charge in [-0.1, -0.05) is 45.9 Å². The topological polar surface area (TPSA) is 57.1 Å². The number of halogens is 1. The Bertz CT molecular complexity index is 866. The van der Waals surface area contributed by atoms with Gasteiger partial charge in [-0.25, -0.2) is 10.0 Å². The van der Waals surface area contributed by atoms with Crippen molar-refractivity contribution in [1.29, 1.82) is 0 Å². The maximum absolute atomic E-state index is 12.2. The van der Waals surface area contributed by atoms with E-state index in [1.54, 1.807) is 0 Å². The van der Waals surface area contributed by atoms with Gasteiger partial charge in [-0.05, 0) is 30.3 Å². The molecule has 126 valence electrons. The normalized spacial score (nSPS) is 17.7. The molecule has 1 N–H and O–H groups in total. The molecule has 4 rings (SSSR count). The molecule has 2 aliphatic heterocycles. The zero-order chi connectivity index (χ0) is 17.2. The number of hydrogen-bond donors (Lipinski definition) is 1. The average Bonchev–Trinajstić information content (AvgIpc) is 3.12. The Labute approximate surface area is 158 Å². The van der Waals surface area contributed by atoms with E-state index in [4.69, 9.17) is 0 Å². The summed E-state index contributed by atoms with van der Waals surface area (Å²) >= 11 is 4.79.